The van der Waals surface area contributed by atoms with Crippen LogP contribution in [-0.2, 0) is 0 Å². The molecule has 0 bridgehead atoms. The third-order valence-corrected chi connectivity index (χ3v) is 4.03. The van der Waals surface area contributed by atoms with Gasteiger partial charge in [0.15, 0.2) is 10.3 Å². The van der Waals surface area contributed by atoms with Crippen molar-refractivity contribution in [2.75, 3.05) is 11.5 Å². The lowest BCUT2D eigenvalue weighted by Gasteiger charge is -1.99. The molecule has 0 fully saturated rings. The van der Waals surface area contributed by atoms with Gasteiger partial charge in [-0.2, -0.15) is 0 Å². The summed E-state index contributed by atoms with van der Waals surface area (Å²) in [6.45, 7) is 0. The number of anilines is 2. The van der Waals surface area contributed by atoms with Crippen LogP contribution in [0.15, 0.2) is 35.7 Å². The molecule has 90 valence electrons. The summed E-state index contributed by atoms with van der Waals surface area (Å²) in [5, 5.41) is 3.01. The zero-order chi connectivity index (χ0) is 12.5. The Morgan fingerprint density at radius 3 is 2.39 bits per heavy atom. The molecule has 3 rings (SSSR count). The molecule has 1 aromatic carbocycles. The first kappa shape index (κ1) is 11.2. The number of rotatable bonds is 2. The van der Waals surface area contributed by atoms with Gasteiger partial charge in [0.2, 0.25) is 0 Å². The van der Waals surface area contributed by atoms with Gasteiger partial charge in [0, 0.05) is 10.9 Å². The van der Waals surface area contributed by atoms with Crippen molar-refractivity contribution in [2.45, 2.75) is 0 Å². The minimum atomic E-state index is 0.537. The molecule has 0 aliphatic carbocycles. The van der Waals surface area contributed by atoms with Crippen molar-refractivity contribution < 1.29 is 0 Å². The van der Waals surface area contributed by atoms with E-state index < -0.39 is 0 Å². The molecule has 0 aliphatic rings. The van der Waals surface area contributed by atoms with Crippen molar-refractivity contribution in [2.24, 2.45) is 0 Å². The van der Waals surface area contributed by atoms with E-state index in [1.807, 2.05) is 35.7 Å². The molecule has 0 saturated heterocycles. The van der Waals surface area contributed by atoms with Gasteiger partial charge in [0.1, 0.15) is 0 Å². The Hall–Kier alpha value is -1.92. The van der Waals surface area contributed by atoms with Crippen molar-refractivity contribution >= 4 is 32.9 Å². The lowest BCUT2D eigenvalue weighted by molar-refractivity contribution is 1.38. The lowest BCUT2D eigenvalue weighted by Crippen LogP contribution is -1.85. The summed E-state index contributed by atoms with van der Waals surface area (Å²) in [5.74, 6) is 0. The highest BCUT2D eigenvalue weighted by Crippen LogP contribution is 2.38. The van der Waals surface area contributed by atoms with Gasteiger partial charge in [0.25, 0.3) is 0 Å². The third-order valence-electron chi connectivity index (χ3n) is 2.45. The number of benzene rings is 1. The Kier molecular flexibility index (Phi) is 2.73. The fourth-order valence-electron chi connectivity index (χ4n) is 1.69. The second-order valence-electron chi connectivity index (χ2n) is 3.67. The number of hydrogen-bond acceptors (Lipinski definition) is 6. The van der Waals surface area contributed by atoms with E-state index in [2.05, 4.69) is 9.97 Å². The highest BCUT2D eigenvalue weighted by Gasteiger charge is 2.15. The Morgan fingerprint density at radius 2 is 1.72 bits per heavy atom. The summed E-state index contributed by atoms with van der Waals surface area (Å²) in [4.78, 5) is 9.64. The number of thiazole rings is 2. The van der Waals surface area contributed by atoms with Crippen LogP contribution in [-0.4, -0.2) is 9.97 Å². The SMILES string of the molecule is Nc1nc(-c2sc(N)nc2-c2ccccc2)cs1. The minimum absolute atomic E-state index is 0.537. The van der Waals surface area contributed by atoms with Crippen LogP contribution in [0.5, 0.6) is 0 Å². The molecule has 18 heavy (non-hydrogen) atoms. The number of nitrogens with zero attached hydrogens (tertiary/aromatic N) is 2. The molecule has 0 radical (unpaired) electrons. The van der Waals surface area contributed by atoms with Crippen molar-refractivity contribution in [3.05, 3.63) is 35.7 Å². The van der Waals surface area contributed by atoms with Gasteiger partial charge in [-0.15, -0.1) is 11.3 Å². The van der Waals surface area contributed by atoms with Gasteiger partial charge in [0.05, 0.1) is 16.3 Å². The van der Waals surface area contributed by atoms with E-state index in [4.69, 9.17) is 11.5 Å². The molecule has 0 amide bonds. The summed E-state index contributed by atoms with van der Waals surface area (Å²) in [5.41, 5.74) is 14.2. The van der Waals surface area contributed by atoms with Crippen molar-refractivity contribution in [3.8, 4) is 21.8 Å². The van der Waals surface area contributed by atoms with Gasteiger partial charge < -0.3 is 11.5 Å². The van der Waals surface area contributed by atoms with Gasteiger partial charge in [-0.25, -0.2) is 9.97 Å². The van der Waals surface area contributed by atoms with Crippen LogP contribution in [0.25, 0.3) is 21.8 Å². The number of nitrogens with two attached hydrogens (primary N) is 2. The molecule has 0 atom stereocenters. The maximum absolute atomic E-state index is 5.81. The Balaban J connectivity index is 2.16. The number of nitrogen functional groups attached to an aromatic ring is 2. The Morgan fingerprint density at radius 1 is 0.944 bits per heavy atom. The molecule has 2 aromatic heterocycles. The highest BCUT2D eigenvalue weighted by molar-refractivity contribution is 7.20. The standard InChI is InChI=1S/C12H10N4S2/c13-11-15-8(6-17-11)10-9(16-12(14)18-10)7-4-2-1-3-5-7/h1-6H,(H2,13,15)(H2,14,16). The van der Waals surface area contributed by atoms with E-state index in [0.717, 1.165) is 21.8 Å². The molecule has 0 aliphatic heterocycles. The summed E-state index contributed by atoms with van der Waals surface area (Å²) < 4.78 is 0. The minimum Gasteiger partial charge on any atom is -0.375 e. The molecular formula is C12H10N4S2. The Labute approximate surface area is 112 Å². The zero-order valence-corrected chi connectivity index (χ0v) is 11.0. The first-order valence-electron chi connectivity index (χ1n) is 5.27. The van der Waals surface area contributed by atoms with Crippen LogP contribution >= 0.6 is 22.7 Å². The first-order valence-corrected chi connectivity index (χ1v) is 6.97. The molecule has 6 heteroatoms. The van der Waals surface area contributed by atoms with E-state index in [9.17, 15) is 0 Å². The fraction of sp³-hybridized carbons (Fsp3) is 0. The van der Waals surface area contributed by atoms with E-state index >= 15 is 0 Å². The van der Waals surface area contributed by atoms with Crippen LogP contribution in [0.1, 0.15) is 0 Å². The zero-order valence-electron chi connectivity index (χ0n) is 9.33. The molecule has 2 heterocycles. The fourth-order valence-corrected chi connectivity index (χ4v) is 3.14. The van der Waals surface area contributed by atoms with E-state index in [-0.39, 0.29) is 0 Å². The van der Waals surface area contributed by atoms with Crippen molar-refractivity contribution in [1.82, 2.24) is 9.97 Å². The quantitative estimate of drug-likeness (QED) is 0.752. The predicted octanol–water partition coefficient (Wildman–Crippen LogP) is 3.10. The van der Waals surface area contributed by atoms with Gasteiger partial charge in [-0.3, -0.25) is 0 Å². The predicted molar refractivity (Wildman–Crippen MR) is 77.5 cm³/mol. The molecular weight excluding hydrogens is 264 g/mol. The van der Waals surface area contributed by atoms with Crippen LogP contribution in [0.2, 0.25) is 0 Å². The third kappa shape index (κ3) is 1.96. The van der Waals surface area contributed by atoms with Gasteiger partial charge in [-0.1, -0.05) is 41.7 Å². The topological polar surface area (TPSA) is 77.8 Å². The van der Waals surface area contributed by atoms with Crippen LogP contribution in [0.4, 0.5) is 10.3 Å². The van der Waals surface area contributed by atoms with Gasteiger partial charge >= 0.3 is 0 Å². The van der Waals surface area contributed by atoms with Crippen molar-refractivity contribution in [1.29, 1.82) is 0 Å². The molecule has 4 nitrogen and oxygen atoms in total. The lowest BCUT2D eigenvalue weighted by atomic mass is 10.1. The summed E-state index contributed by atoms with van der Waals surface area (Å²) in [7, 11) is 0. The van der Waals surface area contributed by atoms with E-state index in [0.29, 0.717) is 10.3 Å². The normalized spacial score (nSPS) is 10.7. The average Bonchev–Trinajstić information content (AvgIpc) is 2.96. The van der Waals surface area contributed by atoms with E-state index in [1.54, 1.807) is 0 Å². The van der Waals surface area contributed by atoms with E-state index in [1.165, 1.54) is 22.7 Å². The summed E-state index contributed by atoms with van der Waals surface area (Å²) >= 11 is 2.85. The molecule has 0 unspecified atom stereocenters. The van der Waals surface area contributed by atoms with Crippen LogP contribution < -0.4 is 11.5 Å². The van der Waals surface area contributed by atoms with Crippen LogP contribution in [0, 0.1) is 0 Å². The molecule has 0 saturated carbocycles. The largest absolute Gasteiger partial charge is 0.375 e. The molecule has 3 aromatic rings. The maximum Gasteiger partial charge on any atom is 0.181 e. The summed E-state index contributed by atoms with van der Waals surface area (Å²) in [6, 6.07) is 9.94. The number of aromatic nitrogens is 2. The smallest absolute Gasteiger partial charge is 0.181 e. The monoisotopic (exact) mass is 274 g/mol. The second-order valence-corrected chi connectivity index (χ2v) is 5.59. The van der Waals surface area contributed by atoms with Gasteiger partial charge in [-0.05, 0) is 0 Å². The first-order chi connectivity index (χ1) is 8.74. The Bertz CT molecular complexity index is 672. The second kappa shape index (κ2) is 4.40. The average molecular weight is 274 g/mol. The maximum atomic E-state index is 5.81. The summed E-state index contributed by atoms with van der Waals surface area (Å²) in [6.07, 6.45) is 0. The van der Waals surface area contributed by atoms with Crippen LogP contribution in [0.3, 0.4) is 0 Å². The highest BCUT2D eigenvalue weighted by atomic mass is 32.1. The van der Waals surface area contributed by atoms with Crippen molar-refractivity contribution in [3.63, 3.8) is 0 Å². The molecule has 4 N–H and O–H groups in total. The number of hydrogen-bond donors (Lipinski definition) is 2. The molecule has 0 spiro atoms.